The van der Waals surface area contributed by atoms with Crippen molar-refractivity contribution in [3.05, 3.63) is 23.8 Å². The van der Waals surface area contributed by atoms with Crippen LogP contribution >= 0.6 is 0 Å². The lowest BCUT2D eigenvalue weighted by molar-refractivity contribution is -0.0167. The number of rotatable bonds is 2. The minimum absolute atomic E-state index is 0.0480. The molecule has 4 fully saturated rings. The van der Waals surface area contributed by atoms with Gasteiger partial charge in [-0.1, -0.05) is 0 Å². The number of nitrogens with one attached hydrogen (secondary N) is 2. The van der Waals surface area contributed by atoms with Gasteiger partial charge in [-0.2, -0.15) is 15.4 Å². The van der Waals surface area contributed by atoms with Gasteiger partial charge in [0, 0.05) is 11.1 Å². The van der Waals surface area contributed by atoms with E-state index < -0.39 is 0 Å². The van der Waals surface area contributed by atoms with Gasteiger partial charge in [0.15, 0.2) is 0 Å². The molecule has 22 heavy (non-hydrogen) atoms. The van der Waals surface area contributed by atoms with E-state index in [1.165, 1.54) is 38.5 Å². The maximum atomic E-state index is 12.7. The number of aromatic amines is 1. The predicted octanol–water partition coefficient (Wildman–Crippen LogP) is 2.66. The summed E-state index contributed by atoms with van der Waals surface area (Å²) in [6.07, 6.45) is 7.70. The van der Waals surface area contributed by atoms with Gasteiger partial charge in [-0.15, -0.1) is 0 Å². The van der Waals surface area contributed by atoms with E-state index in [1.807, 2.05) is 18.2 Å². The zero-order valence-corrected chi connectivity index (χ0v) is 12.5. The highest BCUT2D eigenvalue weighted by atomic mass is 16.1. The van der Waals surface area contributed by atoms with Gasteiger partial charge in [0.05, 0.1) is 0 Å². The van der Waals surface area contributed by atoms with Crippen molar-refractivity contribution in [2.45, 2.75) is 44.1 Å². The molecule has 2 aromatic rings. The van der Waals surface area contributed by atoms with Gasteiger partial charge in [0.1, 0.15) is 11.0 Å². The Morgan fingerprint density at radius 3 is 2.36 bits per heavy atom. The van der Waals surface area contributed by atoms with Gasteiger partial charge in [0.25, 0.3) is 5.91 Å². The molecule has 4 saturated carbocycles. The molecule has 0 saturated heterocycles. The van der Waals surface area contributed by atoms with Crippen molar-refractivity contribution >= 4 is 16.9 Å². The van der Waals surface area contributed by atoms with Crippen LogP contribution in [-0.2, 0) is 0 Å². The summed E-state index contributed by atoms with van der Waals surface area (Å²) < 4.78 is 0. The number of H-pyrrole nitrogens is 1. The molecule has 0 spiro atoms. The molecule has 1 aromatic carbocycles. The molecule has 6 rings (SSSR count). The normalized spacial score (nSPS) is 35.9. The fourth-order valence-corrected chi connectivity index (χ4v) is 5.56. The van der Waals surface area contributed by atoms with Crippen LogP contribution in [0, 0.1) is 17.8 Å². The van der Waals surface area contributed by atoms with Crippen molar-refractivity contribution < 1.29 is 4.79 Å². The molecule has 1 aromatic heterocycles. The van der Waals surface area contributed by atoms with Gasteiger partial charge in [0.2, 0.25) is 0 Å². The molecule has 1 heterocycles. The topological polar surface area (TPSA) is 70.7 Å². The van der Waals surface area contributed by atoms with E-state index in [1.54, 1.807) is 0 Å². The Morgan fingerprint density at radius 1 is 1.05 bits per heavy atom. The molecule has 5 nitrogen and oxygen atoms in total. The molecule has 0 aliphatic heterocycles. The Labute approximate surface area is 128 Å². The molecule has 0 unspecified atom stereocenters. The van der Waals surface area contributed by atoms with Crippen LogP contribution in [0.2, 0.25) is 0 Å². The summed E-state index contributed by atoms with van der Waals surface area (Å²) in [7, 11) is 0. The third kappa shape index (κ3) is 1.87. The number of nitrogens with zero attached hydrogens (tertiary/aromatic N) is 2. The first-order valence-electron chi connectivity index (χ1n) is 8.32. The van der Waals surface area contributed by atoms with Gasteiger partial charge >= 0.3 is 0 Å². The summed E-state index contributed by atoms with van der Waals surface area (Å²) in [5.41, 5.74) is 2.30. The highest BCUT2D eigenvalue weighted by molar-refractivity contribution is 5.97. The molecule has 4 aliphatic rings. The van der Waals surface area contributed by atoms with Crippen LogP contribution in [0.15, 0.2) is 18.2 Å². The van der Waals surface area contributed by atoms with Crippen molar-refractivity contribution in [2.75, 3.05) is 0 Å². The molecule has 1 amide bonds. The second-order valence-electron chi connectivity index (χ2n) is 7.68. The van der Waals surface area contributed by atoms with Gasteiger partial charge in [-0.05, 0) is 74.5 Å². The van der Waals surface area contributed by atoms with Crippen LogP contribution in [0.1, 0.15) is 48.9 Å². The average Bonchev–Trinajstić information content (AvgIpc) is 2.92. The Bertz CT molecular complexity index is 715. The van der Waals surface area contributed by atoms with Crippen molar-refractivity contribution in [3.8, 4) is 0 Å². The minimum Gasteiger partial charge on any atom is -0.347 e. The quantitative estimate of drug-likeness (QED) is 0.895. The number of hydrogen-bond acceptors (Lipinski definition) is 3. The van der Waals surface area contributed by atoms with E-state index in [0.717, 1.165) is 28.8 Å². The Hall–Kier alpha value is -1.91. The van der Waals surface area contributed by atoms with E-state index in [4.69, 9.17) is 0 Å². The lowest BCUT2D eigenvalue weighted by Gasteiger charge is -2.56. The van der Waals surface area contributed by atoms with Crippen LogP contribution in [0.4, 0.5) is 0 Å². The van der Waals surface area contributed by atoms with Gasteiger partial charge in [-0.25, -0.2) is 0 Å². The lowest BCUT2D eigenvalue weighted by atomic mass is 9.53. The minimum atomic E-state index is 0.0480. The fraction of sp³-hybridized carbons (Fsp3) is 0.588. The summed E-state index contributed by atoms with van der Waals surface area (Å²) in [6, 6.07) is 5.53. The third-order valence-electron chi connectivity index (χ3n) is 6.00. The number of fused-ring (bicyclic) bond motifs is 1. The SMILES string of the molecule is O=C(NC12CC3CC(CC(C3)C1)C2)c1ccc2n[nH]nc2c1. The van der Waals surface area contributed by atoms with Crippen molar-refractivity contribution in [1.29, 1.82) is 0 Å². The van der Waals surface area contributed by atoms with Crippen molar-refractivity contribution in [1.82, 2.24) is 20.7 Å². The number of aromatic nitrogens is 3. The van der Waals surface area contributed by atoms with Gasteiger partial charge in [-0.3, -0.25) is 4.79 Å². The largest absolute Gasteiger partial charge is 0.347 e. The molecule has 4 bridgehead atoms. The molecule has 114 valence electrons. The standard InChI is InChI=1S/C17H20N4O/c22-16(13-1-2-14-15(6-13)20-21-19-14)18-17-7-10-3-11(8-17)5-12(4-10)9-17/h1-2,6,10-12H,3-5,7-9H2,(H,18,22)(H,19,20,21). The number of carbonyl (C=O) groups excluding carboxylic acids is 1. The van der Waals surface area contributed by atoms with E-state index in [0.29, 0.717) is 5.56 Å². The zero-order valence-electron chi connectivity index (χ0n) is 12.5. The highest BCUT2D eigenvalue weighted by Crippen LogP contribution is 2.55. The lowest BCUT2D eigenvalue weighted by Crippen LogP contribution is -2.59. The average molecular weight is 296 g/mol. The molecule has 2 N–H and O–H groups in total. The molecule has 5 heteroatoms. The van der Waals surface area contributed by atoms with E-state index in [9.17, 15) is 4.79 Å². The smallest absolute Gasteiger partial charge is 0.251 e. The van der Waals surface area contributed by atoms with Crippen LogP contribution in [-0.4, -0.2) is 26.9 Å². The zero-order chi connectivity index (χ0) is 14.7. The molecular weight excluding hydrogens is 276 g/mol. The molecule has 0 radical (unpaired) electrons. The summed E-state index contributed by atoms with van der Waals surface area (Å²) in [4.78, 5) is 12.7. The van der Waals surface area contributed by atoms with Crippen LogP contribution < -0.4 is 5.32 Å². The maximum absolute atomic E-state index is 12.7. The van der Waals surface area contributed by atoms with E-state index >= 15 is 0 Å². The summed E-state index contributed by atoms with van der Waals surface area (Å²) in [5, 5.41) is 14.1. The summed E-state index contributed by atoms with van der Waals surface area (Å²) >= 11 is 0. The molecule has 4 aliphatic carbocycles. The molecular formula is C17H20N4O. The van der Waals surface area contributed by atoms with Crippen LogP contribution in [0.5, 0.6) is 0 Å². The first-order chi connectivity index (χ1) is 10.7. The van der Waals surface area contributed by atoms with E-state index in [-0.39, 0.29) is 11.4 Å². The van der Waals surface area contributed by atoms with Crippen LogP contribution in [0.25, 0.3) is 11.0 Å². The highest BCUT2D eigenvalue weighted by Gasteiger charge is 2.51. The van der Waals surface area contributed by atoms with Gasteiger partial charge < -0.3 is 5.32 Å². The Balaban J connectivity index is 1.42. The van der Waals surface area contributed by atoms with Crippen molar-refractivity contribution in [2.24, 2.45) is 17.8 Å². The monoisotopic (exact) mass is 296 g/mol. The third-order valence-corrected chi connectivity index (χ3v) is 6.00. The van der Waals surface area contributed by atoms with Crippen LogP contribution in [0.3, 0.4) is 0 Å². The number of amides is 1. The summed E-state index contributed by atoms with van der Waals surface area (Å²) in [6.45, 7) is 0. The predicted molar refractivity (Wildman–Crippen MR) is 82.3 cm³/mol. The number of carbonyl (C=O) groups is 1. The maximum Gasteiger partial charge on any atom is 0.251 e. The number of benzene rings is 1. The Kier molecular flexibility index (Phi) is 2.47. The van der Waals surface area contributed by atoms with E-state index in [2.05, 4.69) is 20.7 Å². The Morgan fingerprint density at radius 2 is 1.68 bits per heavy atom. The first kappa shape index (κ1) is 12.6. The first-order valence-corrected chi connectivity index (χ1v) is 8.32. The number of hydrogen-bond donors (Lipinski definition) is 2. The van der Waals surface area contributed by atoms with Crippen molar-refractivity contribution in [3.63, 3.8) is 0 Å². The fourth-order valence-electron chi connectivity index (χ4n) is 5.56. The summed E-state index contributed by atoms with van der Waals surface area (Å²) in [5.74, 6) is 2.56. The second kappa shape index (κ2) is 4.31. The second-order valence-corrected chi connectivity index (χ2v) is 7.68. The molecule has 0 atom stereocenters.